The number of nitrogens with one attached hydrogen (secondary N) is 2. The van der Waals surface area contributed by atoms with Crippen LogP contribution in [0.15, 0.2) is 0 Å². The number of hydrogen-bond donors (Lipinski definition) is 2. The summed E-state index contributed by atoms with van der Waals surface area (Å²) in [6.45, 7) is 6.27. The predicted molar refractivity (Wildman–Crippen MR) is 70.7 cm³/mol. The summed E-state index contributed by atoms with van der Waals surface area (Å²) in [5.74, 6) is 0. The van der Waals surface area contributed by atoms with Gasteiger partial charge in [0.1, 0.15) is 0 Å². The van der Waals surface area contributed by atoms with Crippen LogP contribution in [0.1, 0.15) is 32.1 Å². The van der Waals surface area contributed by atoms with Crippen LogP contribution in [0.2, 0.25) is 0 Å². The molecule has 2 N–H and O–H groups in total. The lowest BCUT2D eigenvalue weighted by Crippen LogP contribution is -2.45. The van der Waals surface area contributed by atoms with E-state index in [1.165, 1.54) is 32.1 Å². The lowest BCUT2D eigenvalue weighted by atomic mass is 9.74. The van der Waals surface area contributed by atoms with Gasteiger partial charge in [0.25, 0.3) is 0 Å². The van der Waals surface area contributed by atoms with Crippen molar-refractivity contribution in [1.29, 1.82) is 0 Å². The zero-order valence-electron chi connectivity index (χ0n) is 11.2. The first-order chi connectivity index (χ1) is 8.86. The van der Waals surface area contributed by atoms with E-state index < -0.39 is 0 Å². The Morgan fingerprint density at radius 3 is 1.78 bits per heavy atom. The van der Waals surface area contributed by atoms with Gasteiger partial charge < -0.3 is 20.1 Å². The molecule has 1 aliphatic carbocycles. The van der Waals surface area contributed by atoms with Gasteiger partial charge in [-0.25, -0.2) is 0 Å². The van der Waals surface area contributed by atoms with Crippen molar-refractivity contribution in [1.82, 2.24) is 10.6 Å². The highest BCUT2D eigenvalue weighted by atomic mass is 16.6. The molecule has 3 fully saturated rings. The Kier molecular flexibility index (Phi) is 4.19. The first-order valence-electron chi connectivity index (χ1n) is 7.51. The first kappa shape index (κ1) is 12.9. The summed E-state index contributed by atoms with van der Waals surface area (Å²) >= 11 is 0. The molecule has 4 heteroatoms. The molecule has 0 bridgehead atoms. The molecule has 0 aromatic heterocycles. The highest BCUT2D eigenvalue weighted by molar-refractivity contribution is 4.88. The Morgan fingerprint density at radius 2 is 1.33 bits per heavy atom. The molecule has 2 saturated heterocycles. The normalized spacial score (nSPS) is 33.3. The summed E-state index contributed by atoms with van der Waals surface area (Å²) < 4.78 is 10.5. The van der Waals surface area contributed by atoms with Gasteiger partial charge in [0.05, 0.1) is 25.4 Å². The van der Waals surface area contributed by atoms with Crippen LogP contribution in [0.3, 0.4) is 0 Å². The molecule has 3 rings (SSSR count). The minimum Gasteiger partial charge on any atom is -0.372 e. The van der Waals surface area contributed by atoms with Gasteiger partial charge in [-0.15, -0.1) is 0 Å². The van der Waals surface area contributed by atoms with E-state index in [1.807, 2.05) is 0 Å². The van der Waals surface area contributed by atoms with Crippen LogP contribution in [-0.2, 0) is 9.47 Å². The quantitative estimate of drug-likeness (QED) is 0.632. The van der Waals surface area contributed by atoms with Crippen LogP contribution in [-0.4, -0.2) is 51.6 Å². The third-order valence-electron chi connectivity index (χ3n) is 4.46. The fourth-order valence-corrected chi connectivity index (χ4v) is 3.09. The van der Waals surface area contributed by atoms with Crippen molar-refractivity contribution in [3.8, 4) is 0 Å². The first-order valence-corrected chi connectivity index (χ1v) is 7.51. The summed E-state index contributed by atoms with van der Waals surface area (Å²) in [5.41, 5.74) is 0.474. The van der Waals surface area contributed by atoms with Crippen molar-refractivity contribution in [3.63, 3.8) is 0 Å². The maximum absolute atomic E-state index is 5.26. The van der Waals surface area contributed by atoms with Crippen LogP contribution < -0.4 is 10.6 Å². The Hall–Kier alpha value is -0.160. The fraction of sp³-hybridized carbons (Fsp3) is 1.00. The van der Waals surface area contributed by atoms with E-state index in [-0.39, 0.29) is 0 Å². The van der Waals surface area contributed by atoms with Crippen LogP contribution in [0.4, 0.5) is 0 Å². The summed E-state index contributed by atoms with van der Waals surface area (Å²) in [7, 11) is 0. The SMILES string of the molecule is C1CCC(CNCC2CO2)(CNCC2CO2)CC1. The predicted octanol–water partition coefficient (Wildman–Crippen LogP) is 0.914. The zero-order valence-corrected chi connectivity index (χ0v) is 11.2. The molecule has 4 nitrogen and oxygen atoms in total. The van der Waals surface area contributed by atoms with Gasteiger partial charge in [0.15, 0.2) is 0 Å². The molecular weight excluding hydrogens is 228 g/mol. The van der Waals surface area contributed by atoms with Crippen LogP contribution >= 0.6 is 0 Å². The number of hydrogen-bond acceptors (Lipinski definition) is 4. The topological polar surface area (TPSA) is 49.1 Å². The second-order valence-corrected chi connectivity index (χ2v) is 6.23. The monoisotopic (exact) mass is 254 g/mol. The Balaban J connectivity index is 1.41. The molecule has 0 radical (unpaired) electrons. The molecule has 2 unspecified atom stereocenters. The van der Waals surface area contributed by atoms with E-state index in [1.54, 1.807) is 0 Å². The van der Waals surface area contributed by atoms with Crippen LogP contribution in [0, 0.1) is 5.41 Å². The van der Waals surface area contributed by atoms with E-state index in [2.05, 4.69) is 10.6 Å². The lowest BCUT2D eigenvalue weighted by molar-refractivity contribution is 0.173. The highest BCUT2D eigenvalue weighted by Crippen LogP contribution is 2.35. The molecular formula is C14H26N2O2. The molecule has 0 aromatic carbocycles. The third kappa shape index (κ3) is 3.92. The molecule has 2 aliphatic heterocycles. The molecule has 18 heavy (non-hydrogen) atoms. The fourth-order valence-electron chi connectivity index (χ4n) is 3.09. The smallest absolute Gasteiger partial charge is 0.0933 e. The van der Waals surface area contributed by atoms with Crippen molar-refractivity contribution in [2.24, 2.45) is 5.41 Å². The number of epoxide rings is 2. The standard InChI is InChI=1S/C14H26N2O2/c1-2-4-14(5-3-1,10-15-6-12-8-17-12)11-16-7-13-9-18-13/h12-13,15-16H,1-11H2. The Morgan fingerprint density at radius 1 is 0.833 bits per heavy atom. The van der Waals surface area contributed by atoms with Gasteiger partial charge in [-0.05, 0) is 18.3 Å². The van der Waals surface area contributed by atoms with Gasteiger partial charge in [0, 0.05) is 26.2 Å². The van der Waals surface area contributed by atoms with Crippen molar-refractivity contribution >= 4 is 0 Å². The molecule has 2 atom stereocenters. The van der Waals surface area contributed by atoms with Crippen molar-refractivity contribution < 1.29 is 9.47 Å². The summed E-state index contributed by atoms with van der Waals surface area (Å²) in [4.78, 5) is 0. The van der Waals surface area contributed by atoms with E-state index in [0.717, 1.165) is 39.4 Å². The molecule has 104 valence electrons. The minimum atomic E-state index is 0.474. The van der Waals surface area contributed by atoms with Crippen LogP contribution in [0.5, 0.6) is 0 Å². The van der Waals surface area contributed by atoms with Crippen molar-refractivity contribution in [3.05, 3.63) is 0 Å². The summed E-state index contributed by atoms with van der Waals surface area (Å²) in [6.07, 6.45) is 7.93. The van der Waals surface area contributed by atoms with Gasteiger partial charge in [-0.2, -0.15) is 0 Å². The van der Waals surface area contributed by atoms with Gasteiger partial charge in [0.2, 0.25) is 0 Å². The molecule has 0 spiro atoms. The van der Waals surface area contributed by atoms with E-state index in [9.17, 15) is 0 Å². The Labute approximate surface area is 110 Å². The van der Waals surface area contributed by atoms with E-state index in [4.69, 9.17) is 9.47 Å². The molecule has 0 aromatic rings. The summed E-state index contributed by atoms with van der Waals surface area (Å²) in [6, 6.07) is 0. The van der Waals surface area contributed by atoms with E-state index >= 15 is 0 Å². The number of rotatable bonds is 8. The zero-order chi connectivity index (χ0) is 12.3. The molecule has 1 saturated carbocycles. The third-order valence-corrected chi connectivity index (χ3v) is 4.46. The van der Waals surface area contributed by atoms with Gasteiger partial charge in [-0.1, -0.05) is 19.3 Å². The molecule has 0 amide bonds. The van der Waals surface area contributed by atoms with E-state index in [0.29, 0.717) is 17.6 Å². The average molecular weight is 254 g/mol. The Bertz CT molecular complexity index is 239. The van der Waals surface area contributed by atoms with Crippen molar-refractivity contribution in [2.45, 2.75) is 44.3 Å². The largest absolute Gasteiger partial charge is 0.372 e. The molecule has 3 aliphatic rings. The second kappa shape index (κ2) is 5.87. The lowest BCUT2D eigenvalue weighted by Gasteiger charge is -2.38. The summed E-state index contributed by atoms with van der Waals surface area (Å²) in [5, 5.41) is 7.23. The number of ether oxygens (including phenoxy) is 2. The van der Waals surface area contributed by atoms with Crippen molar-refractivity contribution in [2.75, 3.05) is 39.4 Å². The maximum atomic E-state index is 5.26. The highest BCUT2D eigenvalue weighted by Gasteiger charge is 2.33. The minimum absolute atomic E-state index is 0.474. The molecule has 2 heterocycles. The average Bonchev–Trinajstić information content (AvgIpc) is 3.25. The second-order valence-electron chi connectivity index (χ2n) is 6.23. The maximum Gasteiger partial charge on any atom is 0.0933 e. The van der Waals surface area contributed by atoms with Gasteiger partial charge in [-0.3, -0.25) is 0 Å². The van der Waals surface area contributed by atoms with Crippen LogP contribution in [0.25, 0.3) is 0 Å². The van der Waals surface area contributed by atoms with Gasteiger partial charge >= 0.3 is 0 Å².